The van der Waals surface area contributed by atoms with Crippen molar-refractivity contribution in [3.8, 4) is 11.8 Å². The van der Waals surface area contributed by atoms with Crippen LogP contribution in [-0.2, 0) is 17.6 Å². The molecule has 1 aromatic carbocycles. The summed E-state index contributed by atoms with van der Waals surface area (Å²) < 4.78 is 5.80. The summed E-state index contributed by atoms with van der Waals surface area (Å²) in [6.07, 6.45) is 7.00. The molecule has 0 radical (unpaired) electrons. The van der Waals surface area contributed by atoms with Gasteiger partial charge in [-0.2, -0.15) is 5.26 Å². The van der Waals surface area contributed by atoms with Crippen LogP contribution in [0.25, 0.3) is 0 Å². The third-order valence-corrected chi connectivity index (χ3v) is 4.85. The summed E-state index contributed by atoms with van der Waals surface area (Å²) in [6, 6.07) is 8.49. The first-order valence-electron chi connectivity index (χ1n) is 8.71. The van der Waals surface area contributed by atoms with Crippen LogP contribution in [0.4, 0.5) is 0 Å². The summed E-state index contributed by atoms with van der Waals surface area (Å²) >= 11 is 0. The third kappa shape index (κ3) is 3.85. The van der Waals surface area contributed by atoms with Gasteiger partial charge in [-0.1, -0.05) is 6.07 Å². The molecule has 4 nitrogen and oxygen atoms in total. The zero-order chi connectivity index (χ0) is 16.1. The minimum Gasteiger partial charge on any atom is -0.494 e. The van der Waals surface area contributed by atoms with Crippen LogP contribution in [0.2, 0.25) is 0 Å². The Hall–Kier alpha value is -2.02. The van der Waals surface area contributed by atoms with Gasteiger partial charge in [-0.05, 0) is 68.2 Å². The van der Waals surface area contributed by atoms with E-state index in [1.165, 1.54) is 24.0 Å². The average Bonchev–Trinajstić information content (AvgIpc) is 3.25. The molecule has 1 unspecified atom stereocenters. The van der Waals surface area contributed by atoms with Gasteiger partial charge in [-0.3, -0.25) is 4.79 Å². The first kappa shape index (κ1) is 15.9. The molecule has 3 rings (SSSR count). The number of fused-ring (bicyclic) bond motifs is 1. The van der Waals surface area contributed by atoms with E-state index in [0.717, 1.165) is 44.5 Å². The van der Waals surface area contributed by atoms with E-state index < -0.39 is 5.92 Å². The molecule has 0 saturated carbocycles. The maximum absolute atomic E-state index is 12.2. The number of rotatable bonds is 6. The van der Waals surface area contributed by atoms with Crippen LogP contribution < -0.4 is 4.74 Å². The Morgan fingerprint density at radius 3 is 2.78 bits per heavy atom. The molecule has 23 heavy (non-hydrogen) atoms. The molecule has 1 aliphatic heterocycles. The highest BCUT2D eigenvalue weighted by molar-refractivity contribution is 5.81. The van der Waals surface area contributed by atoms with Gasteiger partial charge >= 0.3 is 0 Å². The number of carbonyl (C=O) groups excluding carboxylic acids is 1. The average molecular weight is 312 g/mol. The molecule has 2 aliphatic rings. The molecule has 4 heteroatoms. The summed E-state index contributed by atoms with van der Waals surface area (Å²) in [7, 11) is 0. The lowest BCUT2D eigenvalue weighted by atomic mass is 10.0. The van der Waals surface area contributed by atoms with Crippen molar-refractivity contribution in [2.75, 3.05) is 19.7 Å². The first-order valence-corrected chi connectivity index (χ1v) is 8.71. The zero-order valence-corrected chi connectivity index (χ0v) is 13.6. The highest BCUT2D eigenvalue weighted by Crippen LogP contribution is 2.26. The Kier molecular flexibility index (Phi) is 5.17. The number of benzene rings is 1. The highest BCUT2D eigenvalue weighted by Gasteiger charge is 2.25. The molecule has 1 amide bonds. The second-order valence-corrected chi connectivity index (χ2v) is 6.49. The molecule has 0 N–H and O–H groups in total. The number of hydrogen-bond acceptors (Lipinski definition) is 3. The SMILES string of the molecule is N#CC(CCCOc1ccc2c(c1)CCC2)C(=O)N1CCCC1. The third-order valence-electron chi connectivity index (χ3n) is 4.85. The molecule has 122 valence electrons. The van der Waals surface area contributed by atoms with Crippen LogP contribution in [0.1, 0.15) is 43.2 Å². The number of nitriles is 1. The van der Waals surface area contributed by atoms with Crippen molar-refractivity contribution in [1.29, 1.82) is 5.26 Å². The first-order chi connectivity index (χ1) is 11.3. The van der Waals surface area contributed by atoms with Gasteiger partial charge in [0.2, 0.25) is 5.91 Å². The zero-order valence-electron chi connectivity index (χ0n) is 13.6. The maximum Gasteiger partial charge on any atom is 0.239 e. The Morgan fingerprint density at radius 2 is 2.00 bits per heavy atom. The Bertz CT molecular complexity index is 600. The van der Waals surface area contributed by atoms with Crippen molar-refractivity contribution in [3.05, 3.63) is 29.3 Å². The highest BCUT2D eigenvalue weighted by atomic mass is 16.5. The van der Waals surface area contributed by atoms with Gasteiger partial charge in [0.05, 0.1) is 12.7 Å². The van der Waals surface area contributed by atoms with Gasteiger partial charge in [-0.15, -0.1) is 0 Å². The van der Waals surface area contributed by atoms with Gasteiger partial charge in [0, 0.05) is 13.1 Å². The number of nitrogens with zero attached hydrogens (tertiary/aromatic N) is 2. The van der Waals surface area contributed by atoms with Crippen LogP contribution in [0.3, 0.4) is 0 Å². The van der Waals surface area contributed by atoms with Crippen molar-refractivity contribution in [2.45, 2.75) is 44.9 Å². The van der Waals surface area contributed by atoms with Crippen LogP contribution in [0.15, 0.2) is 18.2 Å². The van der Waals surface area contributed by atoms with E-state index in [9.17, 15) is 10.1 Å². The normalized spacial score (nSPS) is 17.6. The second kappa shape index (κ2) is 7.50. The molecule has 0 spiro atoms. The van der Waals surface area contributed by atoms with Gasteiger partial charge in [0.25, 0.3) is 0 Å². The van der Waals surface area contributed by atoms with E-state index in [2.05, 4.69) is 18.2 Å². The van der Waals surface area contributed by atoms with Crippen LogP contribution in [0.5, 0.6) is 5.75 Å². The quantitative estimate of drug-likeness (QED) is 0.758. The molecule has 1 aromatic rings. The minimum atomic E-state index is -0.517. The lowest BCUT2D eigenvalue weighted by Gasteiger charge is -2.18. The molecule has 1 atom stereocenters. The Labute approximate surface area is 138 Å². The lowest BCUT2D eigenvalue weighted by Crippen LogP contribution is -2.33. The van der Waals surface area contributed by atoms with E-state index >= 15 is 0 Å². The fraction of sp³-hybridized carbons (Fsp3) is 0.579. The standard InChI is InChI=1S/C19H24N2O2/c20-14-17(19(22)21-10-1-2-11-21)7-4-12-23-18-9-8-15-5-3-6-16(15)13-18/h8-9,13,17H,1-7,10-12H2. The van der Waals surface area contributed by atoms with Crippen molar-refractivity contribution < 1.29 is 9.53 Å². The number of carbonyl (C=O) groups is 1. The smallest absolute Gasteiger partial charge is 0.239 e. The molecule has 1 fully saturated rings. The van der Waals surface area contributed by atoms with Gasteiger partial charge in [-0.25, -0.2) is 0 Å². The second-order valence-electron chi connectivity index (χ2n) is 6.49. The monoisotopic (exact) mass is 312 g/mol. The number of amides is 1. The molecular weight excluding hydrogens is 288 g/mol. The van der Waals surface area contributed by atoms with Crippen LogP contribution >= 0.6 is 0 Å². The Morgan fingerprint density at radius 1 is 1.22 bits per heavy atom. The molecule has 1 saturated heterocycles. The minimum absolute atomic E-state index is 0.00234. The number of aryl methyl sites for hydroxylation is 2. The summed E-state index contributed by atoms with van der Waals surface area (Å²) in [5.41, 5.74) is 2.85. The van der Waals surface area contributed by atoms with E-state index in [0.29, 0.717) is 13.0 Å². The fourth-order valence-electron chi connectivity index (χ4n) is 3.52. The lowest BCUT2D eigenvalue weighted by molar-refractivity contribution is -0.132. The summed E-state index contributed by atoms with van der Waals surface area (Å²) in [4.78, 5) is 14.1. The van der Waals surface area contributed by atoms with Crippen molar-refractivity contribution in [3.63, 3.8) is 0 Å². The van der Waals surface area contributed by atoms with Gasteiger partial charge in [0.15, 0.2) is 0 Å². The van der Waals surface area contributed by atoms with Crippen LogP contribution in [-0.4, -0.2) is 30.5 Å². The predicted octanol–water partition coefficient (Wildman–Crippen LogP) is 3.10. The van der Waals surface area contributed by atoms with Crippen molar-refractivity contribution in [2.24, 2.45) is 5.92 Å². The number of hydrogen-bond donors (Lipinski definition) is 0. The van der Waals surface area contributed by atoms with E-state index in [1.54, 1.807) is 0 Å². The Balaban J connectivity index is 1.43. The fourth-order valence-corrected chi connectivity index (χ4v) is 3.52. The molecule has 0 bridgehead atoms. The van der Waals surface area contributed by atoms with Gasteiger partial charge in [0.1, 0.15) is 11.7 Å². The van der Waals surface area contributed by atoms with E-state index in [1.807, 2.05) is 11.0 Å². The van der Waals surface area contributed by atoms with Crippen molar-refractivity contribution in [1.82, 2.24) is 4.90 Å². The molecule has 1 heterocycles. The largest absolute Gasteiger partial charge is 0.494 e. The summed E-state index contributed by atoms with van der Waals surface area (Å²) in [5.74, 6) is 0.393. The molecule has 1 aliphatic carbocycles. The predicted molar refractivity (Wildman–Crippen MR) is 88.1 cm³/mol. The van der Waals surface area contributed by atoms with Crippen molar-refractivity contribution >= 4 is 5.91 Å². The topological polar surface area (TPSA) is 53.3 Å². The summed E-state index contributed by atoms with van der Waals surface area (Å²) in [5, 5.41) is 9.24. The number of likely N-dealkylation sites (tertiary alicyclic amines) is 1. The van der Waals surface area contributed by atoms with Crippen LogP contribution in [0, 0.1) is 17.2 Å². The number of ether oxygens (including phenoxy) is 1. The maximum atomic E-state index is 12.2. The summed E-state index contributed by atoms with van der Waals surface area (Å²) in [6.45, 7) is 2.18. The van der Waals surface area contributed by atoms with E-state index in [4.69, 9.17) is 4.74 Å². The van der Waals surface area contributed by atoms with Gasteiger partial charge < -0.3 is 9.64 Å². The molecular formula is C19H24N2O2. The van der Waals surface area contributed by atoms with E-state index in [-0.39, 0.29) is 5.91 Å². The molecule has 0 aromatic heterocycles.